The van der Waals surface area contributed by atoms with Crippen LogP contribution in [0.1, 0.15) is 25.3 Å². The number of carbonyl (C=O) groups excluding carboxylic acids is 1. The van der Waals surface area contributed by atoms with Gasteiger partial charge in [-0.15, -0.1) is 0 Å². The maximum Gasteiger partial charge on any atom is 0.311 e. The van der Waals surface area contributed by atoms with Crippen molar-refractivity contribution < 1.29 is 19.4 Å². The van der Waals surface area contributed by atoms with Crippen LogP contribution < -0.4 is 4.74 Å². The first-order valence-electron chi connectivity index (χ1n) is 7.26. The summed E-state index contributed by atoms with van der Waals surface area (Å²) in [7, 11) is 0. The number of hydrogen-bond acceptors (Lipinski definition) is 3. The lowest BCUT2D eigenvalue weighted by molar-refractivity contribution is -0.155. The summed E-state index contributed by atoms with van der Waals surface area (Å²) in [4.78, 5) is 25.6. The molecule has 0 saturated carbocycles. The predicted octanol–water partition coefficient (Wildman–Crippen LogP) is 1.70. The van der Waals surface area contributed by atoms with Crippen LogP contribution in [0.5, 0.6) is 5.75 Å². The number of benzene rings is 1. The van der Waals surface area contributed by atoms with Crippen LogP contribution in [0.25, 0.3) is 0 Å². The molecular formula is C16H19NO4. The number of aliphatic carboxylic acids is 1. The number of carboxylic acids is 1. The number of likely N-dealkylation sites (tertiary alicyclic amines) is 1. The molecule has 0 aromatic heterocycles. The third kappa shape index (κ3) is 2.48. The molecule has 2 atom stereocenters. The molecule has 1 fully saturated rings. The highest BCUT2D eigenvalue weighted by Gasteiger charge is 2.42. The van der Waals surface area contributed by atoms with Crippen LogP contribution in [-0.2, 0) is 16.0 Å². The van der Waals surface area contributed by atoms with Gasteiger partial charge in [0.15, 0.2) is 6.10 Å². The second-order valence-electron chi connectivity index (χ2n) is 6.15. The summed E-state index contributed by atoms with van der Waals surface area (Å²) >= 11 is 0. The fourth-order valence-corrected chi connectivity index (χ4v) is 3.13. The Kier molecular flexibility index (Phi) is 3.35. The number of carbonyl (C=O) groups is 2. The smallest absolute Gasteiger partial charge is 0.311 e. The number of nitrogens with zero attached hydrogens (tertiary/aromatic N) is 1. The van der Waals surface area contributed by atoms with E-state index in [0.29, 0.717) is 25.8 Å². The van der Waals surface area contributed by atoms with Crippen molar-refractivity contribution >= 4 is 11.9 Å². The maximum absolute atomic E-state index is 12.6. The molecule has 0 aliphatic carbocycles. The summed E-state index contributed by atoms with van der Waals surface area (Å²) in [5.41, 5.74) is 0.188. The summed E-state index contributed by atoms with van der Waals surface area (Å²) in [6, 6.07) is 7.63. The first-order chi connectivity index (χ1) is 9.99. The van der Waals surface area contributed by atoms with Crippen LogP contribution in [0.3, 0.4) is 0 Å². The number of piperidine rings is 1. The highest BCUT2D eigenvalue weighted by Crippen LogP contribution is 2.33. The van der Waals surface area contributed by atoms with Gasteiger partial charge in [0.05, 0.1) is 5.41 Å². The van der Waals surface area contributed by atoms with E-state index in [2.05, 4.69) is 0 Å². The summed E-state index contributed by atoms with van der Waals surface area (Å²) in [6.07, 6.45) is 1.38. The maximum atomic E-state index is 12.6. The quantitative estimate of drug-likeness (QED) is 0.900. The van der Waals surface area contributed by atoms with Crippen LogP contribution in [-0.4, -0.2) is 41.1 Å². The van der Waals surface area contributed by atoms with E-state index < -0.39 is 17.5 Å². The molecule has 1 amide bonds. The fraction of sp³-hybridized carbons (Fsp3) is 0.500. The molecule has 2 aliphatic heterocycles. The minimum Gasteiger partial charge on any atom is -0.481 e. The van der Waals surface area contributed by atoms with Gasteiger partial charge >= 0.3 is 5.97 Å². The predicted molar refractivity (Wildman–Crippen MR) is 76.1 cm³/mol. The number of ether oxygens (including phenoxy) is 1. The molecule has 112 valence electrons. The number of rotatable bonds is 2. The van der Waals surface area contributed by atoms with E-state index in [1.165, 1.54) is 0 Å². The van der Waals surface area contributed by atoms with Gasteiger partial charge in [0.2, 0.25) is 0 Å². The second kappa shape index (κ2) is 5.06. The van der Waals surface area contributed by atoms with Gasteiger partial charge in [0.25, 0.3) is 5.91 Å². The van der Waals surface area contributed by atoms with E-state index in [0.717, 1.165) is 11.3 Å². The van der Waals surface area contributed by atoms with E-state index in [-0.39, 0.29) is 12.5 Å². The van der Waals surface area contributed by atoms with Crippen molar-refractivity contribution in [2.75, 3.05) is 13.1 Å². The summed E-state index contributed by atoms with van der Waals surface area (Å²) in [5.74, 6) is -0.178. The number of fused-ring (bicyclic) bond motifs is 1. The Balaban J connectivity index is 1.71. The number of carboxylic acid groups (broad SMARTS) is 1. The lowest BCUT2D eigenvalue weighted by Crippen LogP contribution is -2.51. The van der Waals surface area contributed by atoms with Crippen molar-refractivity contribution in [3.05, 3.63) is 29.8 Å². The minimum atomic E-state index is -0.848. The largest absolute Gasteiger partial charge is 0.481 e. The summed E-state index contributed by atoms with van der Waals surface area (Å²) < 4.78 is 5.71. The van der Waals surface area contributed by atoms with Gasteiger partial charge in [0, 0.05) is 19.5 Å². The van der Waals surface area contributed by atoms with Gasteiger partial charge < -0.3 is 14.7 Å². The molecule has 5 nitrogen and oxygen atoms in total. The normalized spacial score (nSPS) is 27.9. The van der Waals surface area contributed by atoms with Crippen LogP contribution >= 0.6 is 0 Å². The number of hydrogen-bond donors (Lipinski definition) is 1. The Labute approximate surface area is 123 Å². The van der Waals surface area contributed by atoms with Crippen molar-refractivity contribution in [2.24, 2.45) is 5.41 Å². The molecule has 3 rings (SSSR count). The first-order valence-corrected chi connectivity index (χ1v) is 7.26. The average molecular weight is 289 g/mol. The Bertz CT molecular complexity index is 560. The molecule has 1 aromatic carbocycles. The molecule has 0 bridgehead atoms. The van der Waals surface area contributed by atoms with Crippen LogP contribution in [0.2, 0.25) is 0 Å². The van der Waals surface area contributed by atoms with E-state index in [1.54, 1.807) is 11.8 Å². The van der Waals surface area contributed by atoms with E-state index in [1.807, 2.05) is 24.3 Å². The zero-order valence-electron chi connectivity index (χ0n) is 12.0. The standard InChI is InChI=1S/C16H19NO4/c1-16(15(19)20)7-4-8-17(10-16)14(18)13-9-11-5-2-3-6-12(11)21-13/h2-3,5-6,13H,4,7-10H2,1H3,(H,19,20). The number of para-hydroxylation sites is 1. The molecule has 1 saturated heterocycles. The lowest BCUT2D eigenvalue weighted by atomic mass is 9.82. The molecule has 2 aliphatic rings. The molecule has 21 heavy (non-hydrogen) atoms. The SMILES string of the molecule is CC1(C(=O)O)CCCN(C(=O)C2Cc3ccccc3O2)C1. The molecule has 1 N–H and O–H groups in total. The molecule has 5 heteroatoms. The zero-order valence-corrected chi connectivity index (χ0v) is 12.0. The molecule has 0 spiro atoms. The zero-order chi connectivity index (χ0) is 15.0. The Morgan fingerprint density at radius 3 is 2.86 bits per heavy atom. The summed E-state index contributed by atoms with van der Waals surface area (Å²) in [6.45, 7) is 2.58. The van der Waals surface area contributed by atoms with Crippen molar-refractivity contribution in [3.63, 3.8) is 0 Å². The van der Waals surface area contributed by atoms with Gasteiger partial charge in [-0.25, -0.2) is 0 Å². The van der Waals surface area contributed by atoms with Crippen LogP contribution in [0, 0.1) is 5.41 Å². The third-order valence-corrected chi connectivity index (χ3v) is 4.45. The Morgan fingerprint density at radius 2 is 2.14 bits per heavy atom. The molecule has 1 aromatic rings. The van der Waals surface area contributed by atoms with Crippen molar-refractivity contribution in [1.29, 1.82) is 0 Å². The van der Waals surface area contributed by atoms with E-state index in [4.69, 9.17) is 4.74 Å². The van der Waals surface area contributed by atoms with Gasteiger partial charge in [-0.1, -0.05) is 18.2 Å². The second-order valence-corrected chi connectivity index (χ2v) is 6.15. The van der Waals surface area contributed by atoms with Gasteiger partial charge in [-0.3, -0.25) is 9.59 Å². The lowest BCUT2D eigenvalue weighted by Gasteiger charge is -2.38. The van der Waals surface area contributed by atoms with E-state index >= 15 is 0 Å². The average Bonchev–Trinajstić information content (AvgIpc) is 2.90. The Morgan fingerprint density at radius 1 is 1.38 bits per heavy atom. The number of amides is 1. The van der Waals surface area contributed by atoms with Gasteiger partial charge in [-0.05, 0) is 31.4 Å². The summed E-state index contributed by atoms with van der Waals surface area (Å²) in [5, 5.41) is 9.34. The topological polar surface area (TPSA) is 66.8 Å². The van der Waals surface area contributed by atoms with Crippen LogP contribution in [0.15, 0.2) is 24.3 Å². The highest BCUT2D eigenvalue weighted by atomic mass is 16.5. The van der Waals surface area contributed by atoms with Crippen molar-refractivity contribution in [1.82, 2.24) is 4.90 Å². The first kappa shape index (κ1) is 13.9. The van der Waals surface area contributed by atoms with Crippen molar-refractivity contribution in [3.8, 4) is 5.75 Å². The Hall–Kier alpha value is -2.04. The monoisotopic (exact) mass is 289 g/mol. The van der Waals surface area contributed by atoms with Crippen LogP contribution in [0.4, 0.5) is 0 Å². The van der Waals surface area contributed by atoms with Gasteiger partial charge in [0.1, 0.15) is 5.75 Å². The molecule has 2 unspecified atom stereocenters. The molecular weight excluding hydrogens is 270 g/mol. The molecule has 2 heterocycles. The van der Waals surface area contributed by atoms with E-state index in [9.17, 15) is 14.7 Å². The minimum absolute atomic E-state index is 0.0987. The fourth-order valence-electron chi connectivity index (χ4n) is 3.13. The molecule has 0 radical (unpaired) electrons. The van der Waals surface area contributed by atoms with Crippen molar-refractivity contribution in [2.45, 2.75) is 32.3 Å². The van der Waals surface area contributed by atoms with Gasteiger partial charge in [-0.2, -0.15) is 0 Å². The third-order valence-electron chi connectivity index (χ3n) is 4.45. The highest BCUT2D eigenvalue weighted by molar-refractivity contribution is 5.84.